The van der Waals surface area contributed by atoms with Gasteiger partial charge in [0.05, 0.1) is 0 Å². The van der Waals surface area contributed by atoms with Gasteiger partial charge in [-0.05, 0) is 80.0 Å². The summed E-state index contributed by atoms with van der Waals surface area (Å²) in [5, 5.41) is 0. The molecule has 6 atom stereocenters. The lowest BCUT2D eigenvalue weighted by atomic mass is 9.47. The molecule has 0 heterocycles. The monoisotopic (exact) mass is 312 g/mol. The molecule has 1 heteroatoms. The minimum absolute atomic E-state index is 0.319. The maximum absolute atomic E-state index is 11.9. The third kappa shape index (κ3) is 2.07. The largest absolute Gasteiger partial charge is 0.299 e. The van der Waals surface area contributed by atoms with Gasteiger partial charge < -0.3 is 0 Å². The van der Waals surface area contributed by atoms with E-state index in [9.17, 15) is 4.79 Å². The normalized spacial score (nSPS) is 49.0. The molecule has 0 aromatic heterocycles. The molecule has 0 aliphatic heterocycles. The zero-order valence-corrected chi connectivity index (χ0v) is 15.2. The molecule has 0 bridgehead atoms. The molecule has 3 fully saturated rings. The molecular weight excluding hydrogens is 280 g/mol. The molecule has 1 unspecified atom stereocenters. The van der Waals surface area contributed by atoms with Crippen LogP contribution in [0.1, 0.15) is 72.1 Å². The lowest BCUT2D eigenvalue weighted by Crippen LogP contribution is -2.50. The first-order valence-corrected chi connectivity index (χ1v) is 9.73. The first-order chi connectivity index (χ1) is 10.9. The summed E-state index contributed by atoms with van der Waals surface area (Å²) < 4.78 is 0. The van der Waals surface area contributed by atoms with E-state index in [1.54, 1.807) is 0 Å². The van der Waals surface area contributed by atoms with Gasteiger partial charge >= 0.3 is 0 Å². The second-order valence-electron chi connectivity index (χ2n) is 9.50. The summed E-state index contributed by atoms with van der Waals surface area (Å²) >= 11 is 0. The van der Waals surface area contributed by atoms with E-state index in [1.807, 2.05) is 0 Å². The Bertz CT molecular complexity index is 585. The number of ketones is 1. The maximum Gasteiger partial charge on any atom is 0.136 e. The second-order valence-corrected chi connectivity index (χ2v) is 9.50. The number of Topliss-reactive ketones (excluding diaryl/α,β-unsaturated/α-hetero) is 1. The number of allylic oxidation sites excluding steroid dienone is 3. The average molecular weight is 312 g/mol. The van der Waals surface area contributed by atoms with Gasteiger partial charge in [-0.1, -0.05) is 37.6 Å². The Morgan fingerprint density at radius 3 is 2.70 bits per heavy atom. The Balaban J connectivity index is 1.67. The predicted molar refractivity (Wildman–Crippen MR) is 95.0 cm³/mol. The first-order valence-electron chi connectivity index (χ1n) is 9.73. The number of fused-ring (bicyclic) bond motifs is 5. The summed E-state index contributed by atoms with van der Waals surface area (Å²) in [6.07, 6.45) is 11.9. The van der Waals surface area contributed by atoms with Crippen molar-refractivity contribution in [1.82, 2.24) is 0 Å². The molecule has 0 radical (unpaired) electrons. The molecule has 4 rings (SSSR count). The predicted octanol–water partition coefficient (Wildman–Crippen LogP) is 5.71. The zero-order chi connectivity index (χ0) is 16.4. The van der Waals surface area contributed by atoms with E-state index in [-0.39, 0.29) is 0 Å². The van der Waals surface area contributed by atoms with Crippen molar-refractivity contribution in [2.24, 2.45) is 34.5 Å². The van der Waals surface area contributed by atoms with Crippen molar-refractivity contribution >= 4 is 5.78 Å². The molecule has 23 heavy (non-hydrogen) atoms. The maximum atomic E-state index is 11.9. The molecule has 0 saturated heterocycles. The molecule has 0 N–H and O–H groups in total. The third-order valence-electron chi connectivity index (χ3n) is 8.53. The van der Waals surface area contributed by atoms with Crippen LogP contribution in [-0.4, -0.2) is 5.78 Å². The summed E-state index contributed by atoms with van der Waals surface area (Å²) in [6, 6.07) is 0. The van der Waals surface area contributed by atoms with E-state index < -0.39 is 0 Å². The third-order valence-corrected chi connectivity index (χ3v) is 8.53. The molecule has 3 saturated carbocycles. The van der Waals surface area contributed by atoms with Crippen LogP contribution < -0.4 is 0 Å². The molecule has 4 aliphatic rings. The standard InChI is InChI=1S/C22H32O/c1-14(2)18-7-8-19-17-6-5-15-13-16(23)9-11-21(15,3)20(17)10-12-22(18,19)4/h5,17-20H,1,6-13H2,2-4H3/t17-,18+,19-,20?,21-,22+/m0/s1. The lowest BCUT2D eigenvalue weighted by molar-refractivity contribution is -0.122. The summed E-state index contributed by atoms with van der Waals surface area (Å²) in [5.74, 6) is 3.74. The number of carbonyl (C=O) groups is 1. The van der Waals surface area contributed by atoms with Gasteiger partial charge in [0.25, 0.3) is 0 Å². The minimum atomic E-state index is 0.319. The van der Waals surface area contributed by atoms with Gasteiger partial charge in [-0.2, -0.15) is 0 Å². The number of hydrogen-bond acceptors (Lipinski definition) is 1. The highest BCUT2D eigenvalue weighted by Crippen LogP contribution is 2.66. The fraction of sp³-hybridized carbons (Fsp3) is 0.773. The van der Waals surface area contributed by atoms with Crippen molar-refractivity contribution in [3.63, 3.8) is 0 Å². The Hall–Kier alpha value is -0.850. The minimum Gasteiger partial charge on any atom is -0.299 e. The second kappa shape index (κ2) is 5.07. The molecule has 0 aromatic rings. The molecule has 0 spiro atoms. The van der Waals surface area contributed by atoms with Gasteiger partial charge in [0.2, 0.25) is 0 Å². The van der Waals surface area contributed by atoms with Crippen molar-refractivity contribution in [2.75, 3.05) is 0 Å². The highest BCUT2D eigenvalue weighted by atomic mass is 16.1. The topological polar surface area (TPSA) is 17.1 Å². The quantitative estimate of drug-likeness (QED) is 0.567. The molecular formula is C22H32O. The molecule has 0 aromatic carbocycles. The SMILES string of the molecule is C=C(C)[C@H]1CC[C@H]2[C@@H]3CC=C4CC(=O)CC[C@]4(C)C3CC[C@]12C. The smallest absolute Gasteiger partial charge is 0.136 e. The zero-order valence-electron chi connectivity index (χ0n) is 15.2. The first kappa shape index (κ1) is 15.7. The fourth-order valence-corrected chi connectivity index (χ4v) is 7.29. The number of rotatable bonds is 1. The van der Waals surface area contributed by atoms with Crippen LogP contribution >= 0.6 is 0 Å². The Morgan fingerprint density at radius 2 is 1.96 bits per heavy atom. The Kier molecular flexibility index (Phi) is 3.45. The van der Waals surface area contributed by atoms with Gasteiger partial charge in [0.1, 0.15) is 5.78 Å². The highest BCUT2D eigenvalue weighted by Gasteiger charge is 2.58. The van der Waals surface area contributed by atoms with Gasteiger partial charge in [-0.25, -0.2) is 0 Å². The van der Waals surface area contributed by atoms with E-state index in [1.165, 1.54) is 43.3 Å². The van der Waals surface area contributed by atoms with Crippen molar-refractivity contribution in [3.05, 3.63) is 23.8 Å². The summed E-state index contributed by atoms with van der Waals surface area (Å²) in [5.41, 5.74) is 3.71. The van der Waals surface area contributed by atoms with Crippen LogP contribution in [0, 0.1) is 34.5 Å². The van der Waals surface area contributed by atoms with Gasteiger partial charge in [0.15, 0.2) is 0 Å². The van der Waals surface area contributed by atoms with E-state index in [0.29, 0.717) is 16.6 Å². The molecule has 126 valence electrons. The summed E-state index contributed by atoms with van der Waals surface area (Å²) in [7, 11) is 0. The van der Waals surface area contributed by atoms with Crippen molar-refractivity contribution in [3.8, 4) is 0 Å². The molecule has 0 amide bonds. The van der Waals surface area contributed by atoms with Crippen molar-refractivity contribution < 1.29 is 4.79 Å². The molecule has 1 nitrogen and oxygen atoms in total. The van der Waals surface area contributed by atoms with E-state index in [4.69, 9.17) is 0 Å². The van der Waals surface area contributed by atoms with Gasteiger partial charge in [-0.15, -0.1) is 0 Å². The Morgan fingerprint density at radius 1 is 1.17 bits per heavy atom. The van der Waals surface area contributed by atoms with Gasteiger partial charge in [-0.3, -0.25) is 4.79 Å². The fourth-order valence-electron chi connectivity index (χ4n) is 7.29. The lowest BCUT2D eigenvalue weighted by Gasteiger charge is -2.57. The highest BCUT2D eigenvalue weighted by molar-refractivity contribution is 5.82. The van der Waals surface area contributed by atoms with Gasteiger partial charge in [0, 0.05) is 12.8 Å². The van der Waals surface area contributed by atoms with Crippen LogP contribution in [0.4, 0.5) is 0 Å². The van der Waals surface area contributed by atoms with Crippen molar-refractivity contribution in [2.45, 2.75) is 72.1 Å². The van der Waals surface area contributed by atoms with E-state index in [2.05, 4.69) is 33.4 Å². The summed E-state index contributed by atoms with van der Waals surface area (Å²) in [6.45, 7) is 11.6. The van der Waals surface area contributed by atoms with Crippen LogP contribution in [-0.2, 0) is 4.79 Å². The number of carbonyl (C=O) groups excluding carboxylic acids is 1. The molecule has 4 aliphatic carbocycles. The average Bonchev–Trinajstić information content (AvgIpc) is 2.85. The summed E-state index contributed by atoms with van der Waals surface area (Å²) in [4.78, 5) is 11.9. The van der Waals surface area contributed by atoms with Crippen LogP contribution in [0.3, 0.4) is 0 Å². The van der Waals surface area contributed by atoms with E-state index >= 15 is 0 Å². The van der Waals surface area contributed by atoms with Crippen LogP contribution in [0.15, 0.2) is 23.8 Å². The van der Waals surface area contributed by atoms with Crippen LogP contribution in [0.2, 0.25) is 0 Å². The van der Waals surface area contributed by atoms with Crippen LogP contribution in [0.5, 0.6) is 0 Å². The van der Waals surface area contributed by atoms with Crippen molar-refractivity contribution in [1.29, 1.82) is 0 Å². The number of hydrogen-bond donors (Lipinski definition) is 0. The Labute approximate surface area is 141 Å². The van der Waals surface area contributed by atoms with E-state index in [0.717, 1.165) is 42.9 Å². The van der Waals surface area contributed by atoms with Crippen LogP contribution in [0.25, 0.3) is 0 Å².